The molecule has 0 radical (unpaired) electrons. The number of fused-ring (bicyclic) bond motifs is 3. The number of esters is 2. The van der Waals surface area contributed by atoms with Gasteiger partial charge in [-0.15, -0.1) is 0 Å². The van der Waals surface area contributed by atoms with Gasteiger partial charge in [0.15, 0.2) is 0 Å². The fourth-order valence-corrected chi connectivity index (χ4v) is 11.7. The van der Waals surface area contributed by atoms with Crippen LogP contribution >= 0.6 is 0 Å². The van der Waals surface area contributed by atoms with Crippen LogP contribution in [0.25, 0.3) is 0 Å². The summed E-state index contributed by atoms with van der Waals surface area (Å²) < 4.78 is 33.1. The van der Waals surface area contributed by atoms with Crippen molar-refractivity contribution >= 4 is 65.5 Å². The molecule has 0 spiro atoms. The van der Waals surface area contributed by atoms with Crippen LogP contribution in [0.1, 0.15) is 189 Å². The maximum atomic E-state index is 13.0. The predicted octanol–water partition coefficient (Wildman–Crippen LogP) is 5.51. The Kier molecular flexibility index (Phi) is 24.4. The van der Waals surface area contributed by atoms with Crippen molar-refractivity contribution in [2.75, 3.05) is 39.3 Å². The van der Waals surface area contributed by atoms with Gasteiger partial charge in [0.05, 0.1) is 12.6 Å². The van der Waals surface area contributed by atoms with Gasteiger partial charge < -0.3 is 79.9 Å². The molecule has 28 nitrogen and oxygen atoms in total. The Morgan fingerprint density at radius 1 is 0.557 bits per heavy atom. The van der Waals surface area contributed by atoms with Gasteiger partial charge in [0, 0.05) is 88.2 Å². The molecule has 8 N–H and O–H groups in total. The Hall–Kier alpha value is -9.05. The topological polar surface area (TPSA) is 376 Å². The quantitative estimate of drug-likeness (QED) is 0.0621. The van der Waals surface area contributed by atoms with E-state index in [0.717, 1.165) is 30.8 Å². The average Bonchev–Trinajstić information content (AvgIpc) is 1.66. The summed E-state index contributed by atoms with van der Waals surface area (Å²) in [5.41, 5.74) is 12.4. The Bertz CT molecular complexity index is 3450. The van der Waals surface area contributed by atoms with Crippen LogP contribution in [0.3, 0.4) is 0 Å². The van der Waals surface area contributed by atoms with E-state index < -0.39 is 64.3 Å². The number of primary amides is 2. The number of nitrogens with zero attached hydrogens (tertiary/aromatic N) is 5. The largest absolute Gasteiger partial charge is 0.508 e. The van der Waals surface area contributed by atoms with Crippen LogP contribution in [-0.2, 0) is 67.3 Å². The number of hydrogen-bond acceptors (Lipinski definition) is 20. The van der Waals surface area contributed by atoms with Crippen LogP contribution < -0.4 is 31.6 Å². The number of phenolic OH excluding ortho intramolecular Hbond substituents is 1. The highest BCUT2D eigenvalue weighted by Crippen LogP contribution is 2.34. The number of nitrogens with one attached hydrogen (secondary N) is 2. The first-order valence-corrected chi connectivity index (χ1v) is 32.8. The average molecular weight is 1350 g/mol. The van der Waals surface area contributed by atoms with E-state index in [9.17, 15) is 63.0 Å². The van der Waals surface area contributed by atoms with Gasteiger partial charge in [-0.2, -0.15) is 0 Å². The highest BCUT2D eigenvalue weighted by atomic mass is 16.6. The van der Waals surface area contributed by atoms with Gasteiger partial charge in [0.1, 0.15) is 70.0 Å². The van der Waals surface area contributed by atoms with E-state index in [1.54, 1.807) is 75.6 Å². The molecular formula is C69H95N9O19. The second-order valence-electron chi connectivity index (χ2n) is 28.9. The zero-order valence-corrected chi connectivity index (χ0v) is 57.6. The van der Waals surface area contributed by atoms with Crippen LogP contribution in [0.5, 0.6) is 17.2 Å². The molecule has 4 fully saturated rings. The number of rotatable bonds is 15. The van der Waals surface area contributed by atoms with Crippen molar-refractivity contribution in [2.24, 2.45) is 11.5 Å². The second-order valence-corrected chi connectivity index (χ2v) is 28.9. The van der Waals surface area contributed by atoms with Gasteiger partial charge in [0.2, 0.25) is 23.6 Å². The van der Waals surface area contributed by atoms with Crippen LogP contribution in [-0.4, -0.2) is 198 Å². The van der Waals surface area contributed by atoms with E-state index in [1.807, 2.05) is 53.7 Å². The zero-order valence-electron chi connectivity index (χ0n) is 57.6. The first kappa shape index (κ1) is 75.3. The molecule has 6 atom stereocenters. The summed E-state index contributed by atoms with van der Waals surface area (Å²) in [6.45, 7) is 26.0. The fraction of sp³-hybridized carbons (Fsp3) is 0.580. The number of amides is 9. The lowest BCUT2D eigenvalue weighted by atomic mass is 10.0. The third-order valence-corrected chi connectivity index (χ3v) is 16.0. The normalized spacial score (nSPS) is 20.3. The predicted molar refractivity (Wildman–Crippen MR) is 350 cm³/mol. The molecule has 0 saturated carbocycles. The van der Waals surface area contributed by atoms with E-state index in [2.05, 4.69) is 10.6 Å². The maximum absolute atomic E-state index is 13.0. The Morgan fingerprint density at radius 2 is 1.01 bits per heavy atom. The highest BCUT2D eigenvalue weighted by molar-refractivity contribution is 6.06. The molecule has 9 amide bonds. The number of β-amino-alcohol motifs (C(OH)–C–C–N with tert-alkyl or cyclic N) is 1. The molecule has 3 aromatic rings. The number of carbonyl (C=O) groups excluding carboxylic acids is 11. The summed E-state index contributed by atoms with van der Waals surface area (Å²) in [7, 11) is 0. The van der Waals surface area contributed by atoms with Crippen molar-refractivity contribution in [3.05, 3.63) is 88.0 Å². The molecule has 4 saturated heterocycles. The smallest absolute Gasteiger partial charge is 0.410 e. The number of nitrogens with two attached hydrogens (primary N) is 2. The second kappa shape index (κ2) is 31.4. The SMILES string of the molecule is CC(C)(C)OC(=O)CCC(C(N)=O)N1Cc2cc(O)ccc2C1=O.CC(C)(C)OC(=O)CCC(C(N)=O)N1Cc2cc(O[C@@H]3CCN(C(=O)OC(C)(C)C)C3)ccc2C1=O.CC(C)(C)OC(=O)N1CC[C@H](O)C1.O=C1CC[C@H](N2Cc3cc(O[C@@H]4CCNC4)ccc3C2=O)C(=O)N1. The van der Waals surface area contributed by atoms with Crippen LogP contribution in [0.15, 0.2) is 54.6 Å². The van der Waals surface area contributed by atoms with Crippen LogP contribution in [0, 0.1) is 0 Å². The van der Waals surface area contributed by atoms with Crippen molar-refractivity contribution < 1.29 is 91.4 Å². The molecule has 28 heteroatoms. The first-order chi connectivity index (χ1) is 45.2. The lowest BCUT2D eigenvalue weighted by molar-refractivity contribution is -0.156. The minimum Gasteiger partial charge on any atom is -0.508 e. The van der Waals surface area contributed by atoms with Gasteiger partial charge in [-0.3, -0.25) is 48.5 Å². The molecule has 7 aliphatic heterocycles. The monoisotopic (exact) mass is 1350 g/mol. The highest BCUT2D eigenvalue weighted by Gasteiger charge is 2.42. The molecule has 0 aromatic heterocycles. The number of piperidine rings is 1. The summed E-state index contributed by atoms with van der Waals surface area (Å²) >= 11 is 0. The number of aliphatic hydroxyl groups excluding tert-OH is 1. The number of benzene rings is 3. The summed E-state index contributed by atoms with van der Waals surface area (Å²) in [5, 5.41) is 24.3. The van der Waals surface area contributed by atoms with Crippen LogP contribution in [0.2, 0.25) is 0 Å². The van der Waals surface area contributed by atoms with Crippen molar-refractivity contribution in [1.82, 2.24) is 35.1 Å². The molecule has 7 aliphatic rings. The summed E-state index contributed by atoms with van der Waals surface area (Å²) in [5.74, 6) is -2.36. The maximum Gasteiger partial charge on any atom is 0.410 e. The third-order valence-electron chi connectivity index (χ3n) is 16.0. The number of aromatic hydroxyl groups is 1. The van der Waals surface area contributed by atoms with Crippen molar-refractivity contribution in [3.8, 4) is 17.2 Å². The molecule has 2 unspecified atom stereocenters. The molecular weight excluding hydrogens is 1260 g/mol. The summed E-state index contributed by atoms with van der Waals surface area (Å²) in [4.78, 5) is 140. The van der Waals surface area contributed by atoms with E-state index in [4.69, 9.17) is 39.9 Å². The number of ether oxygens (including phenoxy) is 6. The number of hydrogen-bond donors (Lipinski definition) is 6. The molecule has 530 valence electrons. The number of aliphatic hydroxyl groups is 1. The Morgan fingerprint density at radius 3 is 1.46 bits per heavy atom. The van der Waals surface area contributed by atoms with E-state index >= 15 is 0 Å². The van der Waals surface area contributed by atoms with Gasteiger partial charge in [-0.05, 0) is 193 Å². The number of phenols is 1. The standard InChI is InChI=1S/C26H37N3O7.C17H19N3O4.C17H22N2O5.C9H17NO3/c1-25(2,3)35-21(30)10-9-20(22(27)31)29-14-16-13-17(7-8-19(16)23(29)32)34-18-11-12-28(15-18)24(33)36-26(4,5)6;21-15-4-3-14(16(22)19-15)20-9-10-7-11(1-2-13(10)17(20)23)24-12-5-6-18-8-12;1-17(2,3)24-14(21)7-6-13(15(18)22)19-9-10-8-11(20)4-5-12(10)16(19)23;1-9(2,3)13-8(12)10-5-4-7(11)6-10/h7-8,13,18,20H,9-12,14-15H2,1-6H3,(H2,27,31);1-2,7,12,14,18H,3-6,8-9H2,(H,19,21,22);4-5,8,13,20H,6-7,9H2,1-3H3,(H2,18,22);7,11H,4-6H2,1-3H3/t18-,20?;12-,14+;;7-/m11.0/s1. The number of likely N-dealkylation sites (tertiary alicyclic amines) is 2. The Labute approximate surface area is 565 Å². The van der Waals surface area contributed by atoms with Gasteiger partial charge in [0.25, 0.3) is 17.7 Å². The summed E-state index contributed by atoms with van der Waals surface area (Å²) in [6.07, 6.45) is 1.93. The van der Waals surface area contributed by atoms with E-state index in [-0.39, 0.29) is 111 Å². The molecule has 3 aromatic carbocycles. The lowest BCUT2D eigenvalue weighted by Gasteiger charge is -2.29. The summed E-state index contributed by atoms with van der Waals surface area (Å²) in [6, 6.07) is 12.6. The van der Waals surface area contributed by atoms with Crippen LogP contribution in [0.4, 0.5) is 9.59 Å². The number of imide groups is 1. The minimum atomic E-state index is -0.931. The van der Waals surface area contributed by atoms with Crippen molar-refractivity contribution in [1.29, 1.82) is 0 Å². The minimum absolute atomic E-state index is 0.0176. The Balaban J connectivity index is 0.000000192. The van der Waals surface area contributed by atoms with Gasteiger partial charge in [-0.1, -0.05) is 0 Å². The molecule has 7 heterocycles. The van der Waals surface area contributed by atoms with Gasteiger partial charge in [-0.25, -0.2) is 9.59 Å². The van der Waals surface area contributed by atoms with Crippen molar-refractivity contribution in [3.63, 3.8) is 0 Å². The van der Waals surface area contributed by atoms with E-state index in [0.29, 0.717) is 85.6 Å². The number of carbonyl (C=O) groups is 11. The van der Waals surface area contributed by atoms with E-state index in [1.165, 1.54) is 32.9 Å². The molecule has 10 rings (SSSR count). The van der Waals surface area contributed by atoms with Gasteiger partial charge >= 0.3 is 24.1 Å². The molecule has 0 aliphatic carbocycles. The van der Waals surface area contributed by atoms with Crippen molar-refractivity contribution in [2.45, 2.75) is 219 Å². The fourth-order valence-electron chi connectivity index (χ4n) is 11.7. The molecule has 97 heavy (non-hydrogen) atoms. The lowest BCUT2D eigenvalue weighted by Crippen LogP contribution is -2.52. The first-order valence-electron chi connectivity index (χ1n) is 32.8. The molecule has 0 bridgehead atoms. The third kappa shape index (κ3) is 21.7. The zero-order chi connectivity index (χ0) is 71.6.